The second-order valence-corrected chi connectivity index (χ2v) is 6.70. The Morgan fingerprint density at radius 1 is 1.00 bits per heavy atom. The highest BCUT2D eigenvalue weighted by Crippen LogP contribution is 2.26. The molecule has 0 unspecified atom stereocenters. The van der Waals surface area contributed by atoms with Crippen molar-refractivity contribution in [3.8, 4) is 5.75 Å². The van der Waals surface area contributed by atoms with Crippen LogP contribution in [0.2, 0.25) is 0 Å². The molecule has 1 aliphatic rings. The van der Waals surface area contributed by atoms with E-state index in [1.807, 2.05) is 0 Å². The van der Waals surface area contributed by atoms with Gasteiger partial charge in [-0.25, -0.2) is 4.79 Å². The Kier molecular flexibility index (Phi) is 5.23. The van der Waals surface area contributed by atoms with Gasteiger partial charge >= 0.3 is 5.97 Å². The monoisotopic (exact) mass is 420 g/mol. The molecule has 0 fully saturated rings. The number of furan rings is 1. The van der Waals surface area contributed by atoms with E-state index in [0.717, 1.165) is 4.90 Å². The Morgan fingerprint density at radius 3 is 2.42 bits per heavy atom. The molecule has 1 aromatic heterocycles. The number of imide groups is 1. The molecular weight excluding hydrogens is 404 g/mol. The molecule has 0 bridgehead atoms. The van der Waals surface area contributed by atoms with Crippen molar-refractivity contribution < 1.29 is 33.4 Å². The van der Waals surface area contributed by atoms with Crippen LogP contribution in [0.4, 0.5) is 5.69 Å². The van der Waals surface area contributed by atoms with Crippen LogP contribution in [0.25, 0.3) is 0 Å². The summed E-state index contributed by atoms with van der Waals surface area (Å²) >= 11 is 0. The summed E-state index contributed by atoms with van der Waals surface area (Å²) in [4.78, 5) is 49.4. The van der Waals surface area contributed by atoms with Crippen LogP contribution in [-0.4, -0.2) is 40.3 Å². The molecule has 0 saturated heterocycles. The Hall–Kier alpha value is -4.40. The lowest BCUT2D eigenvalue weighted by Gasteiger charge is -2.11. The van der Waals surface area contributed by atoms with Crippen molar-refractivity contribution in [2.24, 2.45) is 0 Å². The molecule has 3 amide bonds. The van der Waals surface area contributed by atoms with Crippen LogP contribution in [0.15, 0.2) is 65.3 Å². The zero-order valence-electron chi connectivity index (χ0n) is 16.0. The van der Waals surface area contributed by atoms with E-state index in [1.165, 1.54) is 36.6 Å². The molecule has 0 spiro atoms. The number of nitrogens with one attached hydrogen (secondary N) is 1. The Bertz CT molecular complexity index is 1170. The number of rotatable bonds is 7. The summed E-state index contributed by atoms with van der Waals surface area (Å²) in [6.07, 6.45) is 1.46. The molecule has 0 radical (unpaired) electrons. The summed E-state index contributed by atoms with van der Waals surface area (Å²) in [5.41, 5.74) is 1.05. The summed E-state index contributed by atoms with van der Waals surface area (Å²) in [6, 6.07) is 13.8. The third kappa shape index (κ3) is 4.15. The second kappa shape index (κ2) is 8.15. The predicted octanol–water partition coefficient (Wildman–Crippen LogP) is 2.79. The number of carbonyl (C=O) groups excluding carboxylic acids is 3. The van der Waals surface area contributed by atoms with Gasteiger partial charge in [-0.1, -0.05) is 0 Å². The molecule has 2 heterocycles. The molecule has 3 aromatic rings. The summed E-state index contributed by atoms with van der Waals surface area (Å²) in [7, 11) is 0. The van der Waals surface area contributed by atoms with Gasteiger partial charge in [0.05, 0.1) is 23.9 Å². The molecule has 9 nitrogen and oxygen atoms in total. The smallest absolute Gasteiger partial charge is 0.341 e. The zero-order chi connectivity index (χ0) is 22.0. The number of benzene rings is 2. The quantitative estimate of drug-likeness (QED) is 0.563. The first-order valence-electron chi connectivity index (χ1n) is 9.21. The molecule has 2 aromatic carbocycles. The summed E-state index contributed by atoms with van der Waals surface area (Å²) in [6.45, 7) is -0.457. The van der Waals surface area contributed by atoms with Crippen molar-refractivity contribution in [3.63, 3.8) is 0 Å². The van der Waals surface area contributed by atoms with E-state index >= 15 is 0 Å². The molecule has 31 heavy (non-hydrogen) atoms. The van der Waals surface area contributed by atoms with E-state index in [0.29, 0.717) is 17.2 Å². The fraction of sp³-hybridized carbons (Fsp3) is 0.0909. The van der Waals surface area contributed by atoms with E-state index in [9.17, 15) is 19.2 Å². The minimum absolute atomic E-state index is 0.0111. The number of nitrogens with zero attached hydrogens (tertiary/aromatic N) is 1. The van der Waals surface area contributed by atoms with Crippen molar-refractivity contribution in [2.45, 2.75) is 6.54 Å². The van der Waals surface area contributed by atoms with Gasteiger partial charge in [0.1, 0.15) is 11.5 Å². The first-order chi connectivity index (χ1) is 14.9. The Balaban J connectivity index is 1.46. The third-order valence-corrected chi connectivity index (χ3v) is 4.60. The lowest BCUT2D eigenvalue weighted by Crippen LogP contribution is -2.28. The van der Waals surface area contributed by atoms with Gasteiger partial charge in [0.2, 0.25) is 0 Å². The van der Waals surface area contributed by atoms with E-state index in [1.54, 1.807) is 24.3 Å². The number of amides is 3. The predicted molar refractivity (Wildman–Crippen MR) is 107 cm³/mol. The van der Waals surface area contributed by atoms with Crippen molar-refractivity contribution in [1.29, 1.82) is 0 Å². The van der Waals surface area contributed by atoms with Crippen LogP contribution >= 0.6 is 0 Å². The largest absolute Gasteiger partial charge is 0.482 e. The normalized spacial score (nSPS) is 12.6. The summed E-state index contributed by atoms with van der Waals surface area (Å²) in [5, 5.41) is 11.3. The molecule has 0 aliphatic carbocycles. The molecule has 0 atom stereocenters. The number of aliphatic carboxylic acids is 1. The van der Waals surface area contributed by atoms with Gasteiger partial charge in [-0.2, -0.15) is 0 Å². The number of fused-ring (bicyclic) bond motifs is 1. The van der Waals surface area contributed by atoms with Crippen LogP contribution in [0.1, 0.15) is 36.8 Å². The minimum Gasteiger partial charge on any atom is -0.482 e. The fourth-order valence-electron chi connectivity index (χ4n) is 3.12. The van der Waals surface area contributed by atoms with Crippen LogP contribution < -0.4 is 10.1 Å². The zero-order valence-corrected chi connectivity index (χ0v) is 16.0. The van der Waals surface area contributed by atoms with Crippen molar-refractivity contribution >= 4 is 29.4 Å². The number of hydrogen-bond acceptors (Lipinski definition) is 6. The number of hydrogen-bond donors (Lipinski definition) is 2. The van der Waals surface area contributed by atoms with E-state index < -0.39 is 30.3 Å². The van der Waals surface area contributed by atoms with Crippen molar-refractivity contribution in [1.82, 2.24) is 4.90 Å². The van der Waals surface area contributed by atoms with Crippen molar-refractivity contribution in [3.05, 3.63) is 83.3 Å². The third-order valence-electron chi connectivity index (χ3n) is 4.60. The highest BCUT2D eigenvalue weighted by Gasteiger charge is 2.36. The SMILES string of the molecule is O=C(O)COc1ccc(NC(=O)c2ccc3c(c2)C(=O)N(Cc2ccco2)C3=O)cc1. The average molecular weight is 420 g/mol. The van der Waals surface area contributed by atoms with Crippen LogP contribution in [0.3, 0.4) is 0 Å². The summed E-state index contributed by atoms with van der Waals surface area (Å²) < 4.78 is 10.2. The number of ether oxygens (including phenoxy) is 1. The van der Waals surface area contributed by atoms with Crippen molar-refractivity contribution in [2.75, 3.05) is 11.9 Å². The van der Waals surface area contributed by atoms with Gasteiger partial charge in [-0.15, -0.1) is 0 Å². The molecule has 9 heteroatoms. The Labute approximate surface area is 175 Å². The number of carboxylic acid groups (broad SMARTS) is 1. The minimum atomic E-state index is -1.09. The maximum absolute atomic E-state index is 12.7. The van der Waals surface area contributed by atoms with Gasteiger partial charge in [-0.3, -0.25) is 19.3 Å². The topological polar surface area (TPSA) is 126 Å². The molecule has 2 N–H and O–H groups in total. The van der Waals surface area contributed by atoms with Gasteiger partial charge in [0.15, 0.2) is 6.61 Å². The standard InChI is InChI=1S/C22H16N2O7/c25-19(26)12-31-15-6-4-14(5-7-15)23-20(27)13-3-8-17-18(10-13)22(29)24(21(17)28)11-16-2-1-9-30-16/h1-10H,11-12H2,(H,23,27)(H,25,26). The van der Waals surface area contributed by atoms with E-state index in [4.69, 9.17) is 14.3 Å². The maximum Gasteiger partial charge on any atom is 0.341 e. The highest BCUT2D eigenvalue weighted by molar-refractivity contribution is 6.22. The molecule has 0 saturated carbocycles. The number of carboxylic acids is 1. The van der Waals surface area contributed by atoms with E-state index in [-0.39, 0.29) is 23.2 Å². The lowest BCUT2D eigenvalue weighted by molar-refractivity contribution is -0.139. The number of anilines is 1. The van der Waals surface area contributed by atoms with Gasteiger partial charge in [-0.05, 0) is 54.6 Å². The second-order valence-electron chi connectivity index (χ2n) is 6.70. The molecule has 4 rings (SSSR count). The Morgan fingerprint density at radius 2 is 1.74 bits per heavy atom. The van der Waals surface area contributed by atoms with Crippen LogP contribution in [0, 0.1) is 0 Å². The lowest BCUT2D eigenvalue weighted by atomic mass is 10.1. The van der Waals surface area contributed by atoms with E-state index in [2.05, 4.69) is 5.32 Å². The highest BCUT2D eigenvalue weighted by atomic mass is 16.5. The van der Waals surface area contributed by atoms with Crippen LogP contribution in [-0.2, 0) is 11.3 Å². The first-order valence-corrected chi connectivity index (χ1v) is 9.21. The molecule has 156 valence electrons. The average Bonchev–Trinajstić information content (AvgIpc) is 3.36. The van der Waals surface area contributed by atoms with Gasteiger partial charge in [0.25, 0.3) is 17.7 Å². The molecule has 1 aliphatic heterocycles. The summed E-state index contributed by atoms with van der Waals surface area (Å²) in [5.74, 6) is -1.68. The van der Waals surface area contributed by atoms with Gasteiger partial charge < -0.3 is 19.6 Å². The maximum atomic E-state index is 12.7. The fourth-order valence-corrected chi connectivity index (χ4v) is 3.12. The number of carbonyl (C=O) groups is 4. The van der Waals surface area contributed by atoms with Crippen LogP contribution in [0.5, 0.6) is 5.75 Å². The van der Waals surface area contributed by atoms with Gasteiger partial charge in [0, 0.05) is 11.3 Å². The molecular formula is C22H16N2O7. The first kappa shape index (κ1) is 19.9.